The molecule has 2 N–H and O–H groups in total. The molecule has 0 spiro atoms. The van der Waals surface area contributed by atoms with Crippen LogP contribution >= 0.6 is 35.0 Å². The summed E-state index contributed by atoms with van der Waals surface area (Å²) in [6.07, 6.45) is 6.60. The highest BCUT2D eigenvalue weighted by atomic mass is 35.5. The first kappa shape index (κ1) is 22.6. The van der Waals surface area contributed by atoms with Crippen LogP contribution in [0.15, 0.2) is 36.9 Å². The number of carbonyl (C=O) groups is 1. The van der Waals surface area contributed by atoms with Crippen molar-refractivity contribution in [3.05, 3.63) is 52.8 Å². The Morgan fingerprint density at radius 1 is 1.19 bits per heavy atom. The Morgan fingerprint density at radius 3 is 2.69 bits per heavy atom. The fourth-order valence-corrected chi connectivity index (χ4v) is 4.75. The van der Waals surface area contributed by atoms with Crippen LogP contribution in [-0.2, 0) is 0 Å². The van der Waals surface area contributed by atoms with Gasteiger partial charge in [0.05, 0.1) is 21.8 Å². The average molecular weight is 494 g/mol. The van der Waals surface area contributed by atoms with E-state index in [0.717, 1.165) is 24.3 Å². The quantitative estimate of drug-likeness (QED) is 0.519. The van der Waals surface area contributed by atoms with Crippen LogP contribution < -0.4 is 15.4 Å². The number of nitrogens with one attached hydrogen (secondary N) is 2. The van der Waals surface area contributed by atoms with E-state index < -0.39 is 12.1 Å². The molecule has 0 aliphatic carbocycles. The Hall–Kier alpha value is -2.56. The average Bonchev–Trinajstić information content (AvgIpc) is 3.28. The molecule has 4 rings (SSSR count). The fraction of sp³-hybridized carbons (Fsp3) is 0.350. The molecule has 9 nitrogen and oxygen atoms in total. The van der Waals surface area contributed by atoms with Gasteiger partial charge < -0.3 is 15.4 Å². The first-order valence-corrected chi connectivity index (χ1v) is 11.9. The number of halogens is 2. The topological polar surface area (TPSA) is 107 Å². The lowest BCUT2D eigenvalue weighted by Gasteiger charge is -2.24. The van der Waals surface area contributed by atoms with Crippen molar-refractivity contribution < 1.29 is 9.53 Å². The molecule has 1 aromatic carbocycles. The van der Waals surface area contributed by atoms with Gasteiger partial charge in [0.25, 0.3) is 5.95 Å². The molecule has 0 saturated carbocycles. The van der Waals surface area contributed by atoms with Crippen molar-refractivity contribution in [2.45, 2.75) is 31.9 Å². The molecule has 12 heteroatoms. The van der Waals surface area contributed by atoms with Gasteiger partial charge in [-0.05, 0) is 43.4 Å². The maximum absolute atomic E-state index is 12.7. The minimum absolute atomic E-state index is 0.100. The molecular weight excluding hydrogens is 473 g/mol. The Kier molecular flexibility index (Phi) is 7.33. The van der Waals surface area contributed by atoms with Gasteiger partial charge in [-0.1, -0.05) is 23.2 Å². The molecule has 1 fully saturated rings. The lowest BCUT2D eigenvalue weighted by molar-refractivity contribution is 0.192. The standard InChI is InChI=1S/C20H21Cl2N7O2S/c1-12(18-25-11-26-29(18)19-23-5-2-6-24-19)27-20(30)28-16-10-17(15(22)9-14(16)21)31-13-3-7-32-8-4-13/h2,5-6,9-13H,3-4,7-8H2,1H3,(H2,27,28,30). The number of hydrogen-bond acceptors (Lipinski definition) is 7. The Bertz CT molecular complexity index is 1080. The van der Waals surface area contributed by atoms with Crippen molar-refractivity contribution >= 4 is 46.7 Å². The van der Waals surface area contributed by atoms with Crippen LogP contribution in [-0.4, -0.2) is 48.4 Å². The second-order valence-corrected chi connectivity index (χ2v) is 9.13. The Balaban J connectivity index is 1.44. The van der Waals surface area contributed by atoms with Crippen LogP contribution in [0.5, 0.6) is 5.75 Å². The summed E-state index contributed by atoms with van der Waals surface area (Å²) in [6, 6.07) is 3.97. The number of ether oxygens (including phenoxy) is 1. The molecule has 1 aliphatic rings. The molecule has 2 amide bonds. The van der Waals surface area contributed by atoms with E-state index in [0.29, 0.717) is 33.3 Å². The van der Waals surface area contributed by atoms with Gasteiger partial charge in [-0.3, -0.25) is 0 Å². The molecule has 3 aromatic rings. The fourth-order valence-electron chi connectivity index (χ4n) is 3.21. The molecule has 1 atom stereocenters. The molecule has 0 radical (unpaired) electrons. The second kappa shape index (κ2) is 10.4. The number of carbonyl (C=O) groups excluding carboxylic acids is 1. The smallest absolute Gasteiger partial charge is 0.319 e. The summed E-state index contributed by atoms with van der Waals surface area (Å²) in [4.78, 5) is 25.2. The highest BCUT2D eigenvalue weighted by Crippen LogP contribution is 2.36. The third-order valence-corrected chi connectivity index (χ3v) is 6.44. The van der Waals surface area contributed by atoms with Crippen LogP contribution in [0.2, 0.25) is 10.0 Å². The van der Waals surface area contributed by atoms with Crippen LogP contribution in [0.25, 0.3) is 5.95 Å². The largest absolute Gasteiger partial charge is 0.489 e. The summed E-state index contributed by atoms with van der Waals surface area (Å²) in [7, 11) is 0. The molecule has 1 saturated heterocycles. The summed E-state index contributed by atoms with van der Waals surface area (Å²) >= 11 is 14.5. The zero-order valence-corrected chi connectivity index (χ0v) is 19.5. The van der Waals surface area contributed by atoms with E-state index in [4.69, 9.17) is 27.9 Å². The van der Waals surface area contributed by atoms with E-state index >= 15 is 0 Å². The van der Waals surface area contributed by atoms with Crippen molar-refractivity contribution in [1.82, 2.24) is 30.0 Å². The predicted molar refractivity (Wildman–Crippen MR) is 125 cm³/mol. The summed E-state index contributed by atoms with van der Waals surface area (Å²) in [5.41, 5.74) is 0.397. The number of hydrogen-bond donors (Lipinski definition) is 2. The number of benzene rings is 1. The van der Waals surface area contributed by atoms with Crippen molar-refractivity contribution in [1.29, 1.82) is 0 Å². The van der Waals surface area contributed by atoms with Gasteiger partial charge in [0.2, 0.25) is 0 Å². The molecular formula is C20H21Cl2N7O2S. The van der Waals surface area contributed by atoms with Gasteiger partial charge in [-0.15, -0.1) is 0 Å². The number of amides is 2. The molecule has 32 heavy (non-hydrogen) atoms. The van der Waals surface area contributed by atoms with E-state index in [1.165, 1.54) is 11.0 Å². The number of rotatable bonds is 6. The first-order chi connectivity index (χ1) is 15.5. The SMILES string of the molecule is CC(NC(=O)Nc1cc(OC2CCSCC2)c(Cl)cc1Cl)c1ncnn1-c1ncccn1. The van der Waals surface area contributed by atoms with Crippen LogP contribution in [0.4, 0.5) is 10.5 Å². The van der Waals surface area contributed by atoms with E-state index in [1.807, 2.05) is 11.8 Å². The minimum Gasteiger partial charge on any atom is -0.489 e. The van der Waals surface area contributed by atoms with Crippen LogP contribution in [0, 0.1) is 0 Å². The minimum atomic E-state index is -0.483. The van der Waals surface area contributed by atoms with Crippen molar-refractivity contribution in [2.75, 3.05) is 16.8 Å². The highest BCUT2D eigenvalue weighted by Gasteiger charge is 2.20. The van der Waals surface area contributed by atoms with Gasteiger partial charge in [-0.25, -0.2) is 19.7 Å². The van der Waals surface area contributed by atoms with E-state index in [9.17, 15) is 4.79 Å². The van der Waals surface area contributed by atoms with Crippen LogP contribution in [0.1, 0.15) is 31.6 Å². The maximum atomic E-state index is 12.7. The number of anilines is 1. The van der Waals surface area contributed by atoms with E-state index in [2.05, 4.69) is 30.7 Å². The molecule has 1 aliphatic heterocycles. The van der Waals surface area contributed by atoms with E-state index in [1.54, 1.807) is 37.5 Å². The zero-order valence-electron chi connectivity index (χ0n) is 17.2. The molecule has 168 valence electrons. The number of aromatic nitrogens is 5. The zero-order chi connectivity index (χ0) is 22.5. The van der Waals surface area contributed by atoms with Crippen molar-refractivity contribution in [2.24, 2.45) is 0 Å². The van der Waals surface area contributed by atoms with Gasteiger partial charge in [0.15, 0.2) is 5.82 Å². The monoisotopic (exact) mass is 493 g/mol. The summed E-state index contributed by atoms with van der Waals surface area (Å²) < 4.78 is 7.52. The summed E-state index contributed by atoms with van der Waals surface area (Å²) in [5, 5.41) is 10.4. The Labute approximate surface area is 199 Å². The van der Waals surface area contributed by atoms with Gasteiger partial charge >= 0.3 is 6.03 Å². The number of thioether (sulfide) groups is 1. The molecule has 0 bridgehead atoms. The molecule has 2 aromatic heterocycles. The maximum Gasteiger partial charge on any atom is 0.319 e. The third kappa shape index (κ3) is 5.43. The first-order valence-electron chi connectivity index (χ1n) is 9.99. The highest BCUT2D eigenvalue weighted by molar-refractivity contribution is 7.99. The summed E-state index contributed by atoms with van der Waals surface area (Å²) in [6.45, 7) is 1.78. The Morgan fingerprint density at radius 2 is 1.94 bits per heavy atom. The molecule has 1 unspecified atom stereocenters. The third-order valence-electron chi connectivity index (χ3n) is 4.78. The molecule has 3 heterocycles. The number of urea groups is 1. The second-order valence-electron chi connectivity index (χ2n) is 7.09. The van der Waals surface area contributed by atoms with Gasteiger partial charge in [0.1, 0.15) is 18.2 Å². The van der Waals surface area contributed by atoms with Crippen molar-refractivity contribution in [3.8, 4) is 11.7 Å². The normalized spacial score (nSPS) is 15.2. The van der Waals surface area contributed by atoms with E-state index in [-0.39, 0.29) is 6.10 Å². The van der Waals surface area contributed by atoms with Crippen LogP contribution in [0.3, 0.4) is 0 Å². The van der Waals surface area contributed by atoms with Gasteiger partial charge in [0, 0.05) is 18.5 Å². The lowest BCUT2D eigenvalue weighted by atomic mass is 10.2. The number of nitrogens with zero attached hydrogens (tertiary/aromatic N) is 5. The van der Waals surface area contributed by atoms with Gasteiger partial charge in [-0.2, -0.15) is 21.5 Å². The van der Waals surface area contributed by atoms with Crippen molar-refractivity contribution in [3.63, 3.8) is 0 Å². The summed E-state index contributed by atoms with van der Waals surface area (Å²) in [5.74, 6) is 3.45. The lowest BCUT2D eigenvalue weighted by Crippen LogP contribution is -2.33. The predicted octanol–water partition coefficient (Wildman–Crippen LogP) is 4.52.